The van der Waals surface area contributed by atoms with E-state index in [0.29, 0.717) is 6.54 Å². The molecule has 0 atom stereocenters. The summed E-state index contributed by atoms with van der Waals surface area (Å²) in [5.74, 6) is 1.03. The lowest BCUT2D eigenvalue weighted by atomic mass is 10.1. The Hall–Kier alpha value is -2.99. The van der Waals surface area contributed by atoms with Crippen molar-refractivity contribution in [2.75, 3.05) is 37.6 Å². The lowest BCUT2D eigenvalue weighted by Gasteiger charge is -2.31. The van der Waals surface area contributed by atoms with Crippen LogP contribution >= 0.6 is 0 Å². The van der Waals surface area contributed by atoms with Gasteiger partial charge >= 0.3 is 0 Å². The van der Waals surface area contributed by atoms with Crippen LogP contribution in [-0.4, -0.2) is 53.0 Å². The van der Waals surface area contributed by atoms with Crippen molar-refractivity contribution in [1.82, 2.24) is 14.5 Å². The molecule has 1 saturated heterocycles. The second-order valence-corrected chi connectivity index (χ2v) is 8.06. The lowest BCUT2D eigenvalue weighted by Crippen LogP contribution is -3.15. The number of anilines is 1. The number of aromatic nitrogens is 3. The largest absolute Gasteiger partial charge is 0.348 e. The number of carbonyl (C=O) groups excluding carboxylic acids is 1. The Labute approximate surface area is 178 Å². The molecule has 0 aliphatic carbocycles. The average molecular weight is 405 g/mol. The first-order valence-electron chi connectivity index (χ1n) is 10.7. The third-order valence-corrected chi connectivity index (χ3v) is 6.06. The Morgan fingerprint density at radius 1 is 1.03 bits per heavy atom. The average Bonchev–Trinajstić information content (AvgIpc) is 3.07. The van der Waals surface area contributed by atoms with E-state index in [1.807, 2.05) is 12.1 Å². The Balaban J connectivity index is 1.35. The molecule has 3 aromatic rings. The fourth-order valence-electron chi connectivity index (χ4n) is 4.29. The maximum atomic E-state index is 13.1. The second-order valence-electron chi connectivity index (χ2n) is 8.06. The Morgan fingerprint density at radius 2 is 1.73 bits per heavy atom. The van der Waals surface area contributed by atoms with Gasteiger partial charge in [0, 0.05) is 35.9 Å². The van der Waals surface area contributed by atoms with Gasteiger partial charge in [0.1, 0.15) is 6.54 Å². The quantitative estimate of drug-likeness (QED) is 0.610. The summed E-state index contributed by atoms with van der Waals surface area (Å²) in [5.41, 5.74) is 4.45. The lowest BCUT2D eigenvalue weighted by molar-refractivity contribution is -0.892. The number of rotatable bonds is 7. The molecule has 0 bridgehead atoms. The molecule has 1 aliphatic rings. The highest BCUT2D eigenvalue weighted by atomic mass is 16.1. The minimum atomic E-state index is 0.244. The summed E-state index contributed by atoms with van der Waals surface area (Å²) in [5, 5.41) is 0. The molecule has 156 valence electrons. The zero-order chi connectivity index (χ0) is 20.9. The molecule has 1 aromatic carbocycles. The normalized spacial score (nSPS) is 14.8. The van der Waals surface area contributed by atoms with Crippen LogP contribution in [0.15, 0.2) is 54.9 Å². The van der Waals surface area contributed by atoms with E-state index < -0.39 is 0 Å². The summed E-state index contributed by atoms with van der Waals surface area (Å²) in [4.78, 5) is 25.3. The summed E-state index contributed by atoms with van der Waals surface area (Å²) < 4.78 is 2.28. The molecular weight excluding hydrogens is 374 g/mol. The minimum absolute atomic E-state index is 0.244. The van der Waals surface area contributed by atoms with Gasteiger partial charge in [0.05, 0.1) is 26.2 Å². The molecule has 0 amide bonds. The maximum absolute atomic E-state index is 13.1. The summed E-state index contributed by atoms with van der Waals surface area (Å²) >= 11 is 0. The van der Waals surface area contributed by atoms with Crippen LogP contribution in [0.4, 0.5) is 5.95 Å². The van der Waals surface area contributed by atoms with Crippen molar-refractivity contribution in [2.24, 2.45) is 0 Å². The third-order valence-electron chi connectivity index (χ3n) is 6.06. The summed E-state index contributed by atoms with van der Waals surface area (Å²) in [7, 11) is 0. The van der Waals surface area contributed by atoms with E-state index in [-0.39, 0.29) is 5.78 Å². The van der Waals surface area contributed by atoms with Crippen molar-refractivity contribution in [3.63, 3.8) is 0 Å². The number of benzene rings is 1. The number of aryl methyl sites for hydroxylation is 2. The van der Waals surface area contributed by atoms with E-state index in [0.717, 1.165) is 62.0 Å². The van der Waals surface area contributed by atoms with E-state index in [9.17, 15) is 4.79 Å². The molecule has 30 heavy (non-hydrogen) atoms. The number of carbonyl (C=O) groups is 1. The molecule has 6 nitrogen and oxygen atoms in total. The van der Waals surface area contributed by atoms with Gasteiger partial charge < -0.3 is 14.4 Å². The van der Waals surface area contributed by atoms with Crippen LogP contribution in [0.25, 0.3) is 0 Å². The number of nitrogens with one attached hydrogen (secondary N) is 1. The molecular formula is C24H30N5O+. The zero-order valence-electron chi connectivity index (χ0n) is 17.8. The number of piperazine rings is 1. The van der Waals surface area contributed by atoms with Crippen LogP contribution in [0.2, 0.25) is 0 Å². The predicted molar refractivity (Wildman–Crippen MR) is 118 cm³/mol. The number of hydrogen-bond donors (Lipinski definition) is 1. The highest BCUT2D eigenvalue weighted by molar-refractivity contribution is 5.98. The van der Waals surface area contributed by atoms with E-state index in [2.05, 4.69) is 63.6 Å². The van der Waals surface area contributed by atoms with Crippen LogP contribution in [0.3, 0.4) is 0 Å². The fourth-order valence-corrected chi connectivity index (χ4v) is 4.29. The van der Waals surface area contributed by atoms with E-state index in [1.165, 1.54) is 10.5 Å². The van der Waals surface area contributed by atoms with E-state index >= 15 is 0 Å². The second kappa shape index (κ2) is 9.22. The first kappa shape index (κ1) is 20.3. The van der Waals surface area contributed by atoms with Gasteiger partial charge in [-0.2, -0.15) is 0 Å². The van der Waals surface area contributed by atoms with Gasteiger partial charge in [0.2, 0.25) is 11.7 Å². The van der Waals surface area contributed by atoms with Crippen LogP contribution in [-0.2, 0) is 13.0 Å². The summed E-state index contributed by atoms with van der Waals surface area (Å²) in [6.07, 6.45) is 4.52. The van der Waals surface area contributed by atoms with Crippen LogP contribution in [0, 0.1) is 13.8 Å². The molecule has 1 N–H and O–H groups in total. The van der Waals surface area contributed by atoms with Crippen molar-refractivity contribution >= 4 is 11.7 Å². The molecule has 1 aliphatic heterocycles. The van der Waals surface area contributed by atoms with Crippen LogP contribution in [0.5, 0.6) is 0 Å². The number of quaternary nitrogens is 1. The van der Waals surface area contributed by atoms with Crippen molar-refractivity contribution in [2.45, 2.75) is 26.8 Å². The van der Waals surface area contributed by atoms with Gasteiger partial charge in [0.15, 0.2) is 0 Å². The monoisotopic (exact) mass is 404 g/mol. The van der Waals surface area contributed by atoms with E-state index in [4.69, 9.17) is 0 Å². The smallest absolute Gasteiger partial charge is 0.225 e. The van der Waals surface area contributed by atoms with Gasteiger partial charge in [-0.1, -0.05) is 30.3 Å². The zero-order valence-corrected chi connectivity index (χ0v) is 17.8. The standard InChI is InChI=1S/C24H29N5O/c1-19-17-22(20(2)29(19)12-9-21-7-4-3-5-8-21)23(30)18-27-13-15-28(16-14-27)24-25-10-6-11-26-24/h3-8,10-11,17H,9,12-16,18H2,1-2H3/p+1. The number of ketones is 1. The van der Waals surface area contributed by atoms with Crippen molar-refractivity contribution in [3.8, 4) is 0 Å². The summed E-state index contributed by atoms with van der Waals surface area (Å²) in [6.45, 7) is 9.23. The highest BCUT2D eigenvalue weighted by Crippen LogP contribution is 2.16. The molecule has 4 rings (SSSR count). The highest BCUT2D eigenvalue weighted by Gasteiger charge is 2.25. The van der Waals surface area contributed by atoms with E-state index in [1.54, 1.807) is 12.4 Å². The molecule has 0 saturated carbocycles. The molecule has 0 spiro atoms. The minimum Gasteiger partial charge on any atom is -0.348 e. The number of nitrogens with zero attached hydrogens (tertiary/aromatic N) is 4. The number of Topliss-reactive ketones (excluding diaryl/α,β-unsaturated/α-hetero) is 1. The van der Waals surface area contributed by atoms with Crippen molar-refractivity contribution < 1.29 is 9.69 Å². The van der Waals surface area contributed by atoms with Crippen LogP contribution in [0.1, 0.15) is 27.3 Å². The van der Waals surface area contributed by atoms with Gasteiger partial charge in [-0.05, 0) is 38.0 Å². The summed E-state index contributed by atoms with van der Waals surface area (Å²) in [6, 6.07) is 14.4. The fraction of sp³-hybridized carbons (Fsp3) is 0.375. The Bertz CT molecular complexity index is 976. The van der Waals surface area contributed by atoms with Crippen LogP contribution < -0.4 is 9.80 Å². The van der Waals surface area contributed by atoms with Crippen molar-refractivity contribution in [3.05, 3.63) is 77.4 Å². The SMILES string of the molecule is Cc1cc(C(=O)C[NH+]2CCN(c3ncccn3)CC2)c(C)n1CCc1ccccc1. The molecule has 6 heteroatoms. The first-order chi connectivity index (χ1) is 14.6. The molecule has 2 aromatic heterocycles. The Kier molecular flexibility index (Phi) is 6.23. The van der Waals surface area contributed by atoms with Gasteiger partial charge in [0.25, 0.3) is 0 Å². The van der Waals surface area contributed by atoms with Gasteiger partial charge in [-0.15, -0.1) is 0 Å². The molecule has 1 fully saturated rings. The van der Waals surface area contributed by atoms with Crippen molar-refractivity contribution in [1.29, 1.82) is 0 Å². The van der Waals surface area contributed by atoms with Gasteiger partial charge in [-0.3, -0.25) is 4.79 Å². The number of hydrogen-bond acceptors (Lipinski definition) is 4. The first-order valence-corrected chi connectivity index (χ1v) is 10.7. The van der Waals surface area contributed by atoms with Gasteiger partial charge in [-0.25, -0.2) is 9.97 Å². The molecule has 0 unspecified atom stereocenters. The predicted octanol–water partition coefficient (Wildman–Crippen LogP) is 1.73. The topological polar surface area (TPSA) is 55.5 Å². The third kappa shape index (κ3) is 4.60. The molecule has 0 radical (unpaired) electrons. The Morgan fingerprint density at radius 3 is 2.43 bits per heavy atom. The molecule has 3 heterocycles. The maximum Gasteiger partial charge on any atom is 0.225 e.